The van der Waals surface area contributed by atoms with Crippen molar-refractivity contribution >= 4 is 22.7 Å². The Morgan fingerprint density at radius 1 is 1.07 bits per heavy atom. The van der Waals surface area contributed by atoms with Gasteiger partial charge < -0.3 is 10.2 Å². The summed E-state index contributed by atoms with van der Waals surface area (Å²) in [6.45, 7) is 3.97. The van der Waals surface area contributed by atoms with E-state index in [-0.39, 0.29) is 18.2 Å². The molecule has 0 atom stereocenters. The molecular formula is C19H20F3N5. The van der Waals surface area contributed by atoms with Crippen LogP contribution in [0.1, 0.15) is 25.1 Å². The van der Waals surface area contributed by atoms with Crippen LogP contribution in [0.15, 0.2) is 42.6 Å². The topological polar surface area (TPSA) is 53.9 Å². The Morgan fingerprint density at radius 3 is 2.52 bits per heavy atom. The molecule has 0 amide bonds. The van der Waals surface area contributed by atoms with Crippen molar-refractivity contribution in [3.63, 3.8) is 0 Å². The molecule has 0 spiro atoms. The van der Waals surface area contributed by atoms with Crippen LogP contribution < -0.4 is 10.2 Å². The van der Waals surface area contributed by atoms with E-state index in [1.807, 2.05) is 50.1 Å². The summed E-state index contributed by atoms with van der Waals surface area (Å²) in [6.07, 6.45) is -3.36. The fourth-order valence-electron chi connectivity index (χ4n) is 2.60. The molecule has 2 aromatic heterocycles. The van der Waals surface area contributed by atoms with Crippen LogP contribution in [0.5, 0.6) is 0 Å². The minimum atomic E-state index is -4.50. The Kier molecular flexibility index (Phi) is 5.16. The number of hydrogen-bond acceptors (Lipinski definition) is 5. The second-order valence-corrected chi connectivity index (χ2v) is 6.46. The normalized spacial score (nSPS) is 11.8. The van der Waals surface area contributed by atoms with Gasteiger partial charge in [0.15, 0.2) is 0 Å². The summed E-state index contributed by atoms with van der Waals surface area (Å²) < 4.78 is 39.5. The van der Waals surface area contributed by atoms with Crippen LogP contribution in [-0.2, 0) is 12.7 Å². The molecule has 0 unspecified atom stereocenters. The lowest BCUT2D eigenvalue weighted by molar-refractivity contribution is -0.141. The molecule has 1 aromatic carbocycles. The second-order valence-electron chi connectivity index (χ2n) is 6.46. The summed E-state index contributed by atoms with van der Waals surface area (Å²) >= 11 is 0. The molecule has 0 radical (unpaired) electrons. The Morgan fingerprint density at radius 2 is 1.81 bits per heavy atom. The summed E-state index contributed by atoms with van der Waals surface area (Å²) in [5.41, 5.74) is -0.110. The van der Waals surface area contributed by atoms with Crippen molar-refractivity contribution in [1.82, 2.24) is 15.0 Å². The molecule has 2 heterocycles. The Balaban J connectivity index is 1.98. The molecule has 0 aliphatic heterocycles. The van der Waals surface area contributed by atoms with Crippen molar-refractivity contribution in [2.75, 3.05) is 17.3 Å². The van der Waals surface area contributed by atoms with Gasteiger partial charge in [0.05, 0.1) is 5.52 Å². The molecule has 142 valence electrons. The van der Waals surface area contributed by atoms with Gasteiger partial charge in [0.25, 0.3) is 0 Å². The molecule has 27 heavy (non-hydrogen) atoms. The first-order valence-corrected chi connectivity index (χ1v) is 8.52. The number of benzene rings is 1. The number of nitrogens with zero attached hydrogens (tertiary/aromatic N) is 4. The van der Waals surface area contributed by atoms with Crippen molar-refractivity contribution in [3.05, 3.63) is 53.9 Å². The largest absolute Gasteiger partial charge is 0.433 e. The van der Waals surface area contributed by atoms with Gasteiger partial charge >= 0.3 is 6.18 Å². The third kappa shape index (κ3) is 4.10. The van der Waals surface area contributed by atoms with Crippen LogP contribution in [0.2, 0.25) is 0 Å². The molecule has 0 bridgehead atoms. The van der Waals surface area contributed by atoms with Gasteiger partial charge in [-0.15, -0.1) is 0 Å². The average molecular weight is 375 g/mol. The third-order valence-electron chi connectivity index (χ3n) is 4.29. The molecule has 3 rings (SSSR count). The van der Waals surface area contributed by atoms with E-state index in [0.717, 1.165) is 17.1 Å². The predicted molar refractivity (Wildman–Crippen MR) is 99.6 cm³/mol. The van der Waals surface area contributed by atoms with Crippen LogP contribution in [0, 0.1) is 0 Å². The second kappa shape index (κ2) is 7.38. The molecule has 0 saturated heterocycles. The Bertz CT molecular complexity index is 940. The van der Waals surface area contributed by atoms with Gasteiger partial charge in [-0.25, -0.2) is 4.98 Å². The number of alkyl halides is 3. The van der Waals surface area contributed by atoms with E-state index >= 15 is 0 Å². The molecule has 0 fully saturated rings. The number of para-hydroxylation sites is 1. The quantitative estimate of drug-likeness (QED) is 0.712. The Labute approximate surface area is 155 Å². The van der Waals surface area contributed by atoms with Crippen LogP contribution in [0.3, 0.4) is 0 Å². The third-order valence-corrected chi connectivity index (χ3v) is 4.29. The smallest absolute Gasteiger partial charge is 0.365 e. The molecule has 0 aliphatic carbocycles. The van der Waals surface area contributed by atoms with Crippen molar-refractivity contribution in [1.29, 1.82) is 0 Å². The van der Waals surface area contributed by atoms with Crippen molar-refractivity contribution in [2.45, 2.75) is 32.6 Å². The summed E-state index contributed by atoms with van der Waals surface area (Å²) in [7, 11) is 1.88. The standard InChI is InChI=1S/C19H20F3N5/c1-12(2)27(3)18-25-15-9-5-4-8-14(15)17(26-18)24-11-13-7-6-10-23-16(13)19(20,21)22/h4-10,12H,11H2,1-3H3,(H,24,25,26). The number of anilines is 2. The molecule has 8 heteroatoms. The zero-order chi connectivity index (χ0) is 19.6. The number of hydrogen-bond donors (Lipinski definition) is 1. The molecule has 5 nitrogen and oxygen atoms in total. The highest BCUT2D eigenvalue weighted by molar-refractivity contribution is 5.90. The fourth-order valence-corrected chi connectivity index (χ4v) is 2.60. The number of pyridine rings is 1. The molecule has 1 N–H and O–H groups in total. The van der Waals surface area contributed by atoms with Gasteiger partial charge in [0, 0.05) is 36.8 Å². The Hall–Kier alpha value is -2.90. The summed E-state index contributed by atoms with van der Waals surface area (Å²) in [4.78, 5) is 14.5. The number of nitrogens with one attached hydrogen (secondary N) is 1. The lowest BCUT2D eigenvalue weighted by Crippen LogP contribution is -2.27. The first-order valence-electron chi connectivity index (χ1n) is 8.52. The highest BCUT2D eigenvalue weighted by Crippen LogP contribution is 2.31. The molecular weight excluding hydrogens is 355 g/mol. The average Bonchev–Trinajstić information content (AvgIpc) is 2.64. The summed E-state index contributed by atoms with van der Waals surface area (Å²) in [6, 6.07) is 10.5. The van der Waals surface area contributed by atoms with E-state index in [2.05, 4.69) is 20.3 Å². The molecule has 3 aromatic rings. The zero-order valence-corrected chi connectivity index (χ0v) is 15.2. The number of rotatable bonds is 5. The van der Waals surface area contributed by atoms with E-state index < -0.39 is 11.9 Å². The van der Waals surface area contributed by atoms with Gasteiger partial charge in [-0.3, -0.25) is 4.98 Å². The first kappa shape index (κ1) is 18.9. The zero-order valence-electron chi connectivity index (χ0n) is 15.2. The lowest BCUT2D eigenvalue weighted by Gasteiger charge is -2.22. The molecule has 0 saturated carbocycles. The highest BCUT2D eigenvalue weighted by Gasteiger charge is 2.34. The maximum atomic E-state index is 13.2. The highest BCUT2D eigenvalue weighted by atomic mass is 19.4. The summed E-state index contributed by atoms with van der Waals surface area (Å²) in [5.74, 6) is 0.994. The maximum absolute atomic E-state index is 13.2. The van der Waals surface area contributed by atoms with Crippen LogP contribution >= 0.6 is 0 Å². The predicted octanol–water partition coefficient (Wildman–Crippen LogP) is 4.50. The van der Waals surface area contributed by atoms with Crippen LogP contribution in [0.25, 0.3) is 10.9 Å². The van der Waals surface area contributed by atoms with E-state index in [1.165, 1.54) is 12.1 Å². The SMILES string of the molecule is CC(C)N(C)c1nc(NCc2cccnc2C(F)(F)F)c2ccccc2n1. The lowest BCUT2D eigenvalue weighted by atomic mass is 10.1. The van der Waals surface area contributed by atoms with Crippen molar-refractivity contribution in [3.8, 4) is 0 Å². The number of fused-ring (bicyclic) bond motifs is 1. The van der Waals surface area contributed by atoms with Crippen molar-refractivity contribution in [2.24, 2.45) is 0 Å². The van der Waals surface area contributed by atoms with E-state index in [0.29, 0.717) is 11.8 Å². The van der Waals surface area contributed by atoms with Crippen LogP contribution in [0.4, 0.5) is 24.9 Å². The maximum Gasteiger partial charge on any atom is 0.433 e. The number of aromatic nitrogens is 3. The summed E-state index contributed by atoms with van der Waals surface area (Å²) in [5, 5.41) is 3.78. The van der Waals surface area contributed by atoms with Gasteiger partial charge in [0.1, 0.15) is 11.5 Å². The minimum absolute atomic E-state index is 0.0471. The van der Waals surface area contributed by atoms with E-state index in [9.17, 15) is 13.2 Å². The van der Waals surface area contributed by atoms with Crippen molar-refractivity contribution < 1.29 is 13.2 Å². The van der Waals surface area contributed by atoms with Gasteiger partial charge in [-0.1, -0.05) is 18.2 Å². The fraction of sp³-hybridized carbons (Fsp3) is 0.316. The number of halogens is 3. The van der Waals surface area contributed by atoms with Gasteiger partial charge in [-0.05, 0) is 32.0 Å². The van der Waals surface area contributed by atoms with E-state index in [1.54, 1.807) is 0 Å². The van der Waals surface area contributed by atoms with Crippen LogP contribution in [-0.4, -0.2) is 28.0 Å². The minimum Gasteiger partial charge on any atom is -0.365 e. The monoisotopic (exact) mass is 375 g/mol. The van der Waals surface area contributed by atoms with Gasteiger partial charge in [0.2, 0.25) is 5.95 Å². The van der Waals surface area contributed by atoms with E-state index in [4.69, 9.17) is 0 Å². The molecule has 0 aliphatic rings. The first-order chi connectivity index (χ1) is 12.8. The van der Waals surface area contributed by atoms with Gasteiger partial charge in [-0.2, -0.15) is 18.2 Å².